The largest absolute Gasteiger partial charge is 0.495 e. The molecule has 2 aromatic carbocycles. The van der Waals surface area contributed by atoms with E-state index in [0.29, 0.717) is 38.5 Å². The summed E-state index contributed by atoms with van der Waals surface area (Å²) in [6.07, 6.45) is 3.20. The highest BCUT2D eigenvalue weighted by atomic mass is 35.5. The average Bonchev–Trinajstić information content (AvgIpc) is 2.84. The lowest BCUT2D eigenvalue weighted by molar-refractivity contribution is -0.00258. The van der Waals surface area contributed by atoms with Gasteiger partial charge in [-0.05, 0) is 37.7 Å². The fraction of sp³-hybridized carbons (Fsp3) is 0.385. The van der Waals surface area contributed by atoms with Crippen molar-refractivity contribution in [2.75, 3.05) is 57.7 Å². The summed E-state index contributed by atoms with van der Waals surface area (Å²) < 4.78 is 16.8. The number of ether oxygens (including phenoxy) is 3. The third-order valence-electron chi connectivity index (χ3n) is 6.71. The van der Waals surface area contributed by atoms with Gasteiger partial charge in [0.2, 0.25) is 5.95 Å². The molecule has 3 heterocycles. The van der Waals surface area contributed by atoms with Crippen molar-refractivity contribution in [2.45, 2.75) is 13.5 Å². The van der Waals surface area contributed by atoms with Gasteiger partial charge in [0.05, 0.1) is 42.3 Å². The highest BCUT2D eigenvalue weighted by Gasteiger charge is 2.50. The van der Waals surface area contributed by atoms with Gasteiger partial charge in [0.25, 0.3) is 0 Å². The number of nitrogens with one attached hydrogen (secondary N) is 1. The molecule has 1 spiro atoms. The van der Waals surface area contributed by atoms with Crippen molar-refractivity contribution in [1.82, 2.24) is 14.9 Å². The van der Waals surface area contributed by atoms with Crippen molar-refractivity contribution in [2.24, 2.45) is 5.41 Å². The Bertz CT molecular complexity index is 1260. The van der Waals surface area contributed by atoms with Crippen LogP contribution in [0, 0.1) is 12.3 Å². The Kier molecular flexibility index (Phi) is 6.76. The molecule has 5 rings (SSSR count). The lowest BCUT2D eigenvalue weighted by atomic mass is 9.73. The first-order valence-electron chi connectivity index (χ1n) is 11.7. The molecule has 190 valence electrons. The quantitative estimate of drug-likeness (QED) is 0.427. The maximum atomic E-state index is 6.43. The summed E-state index contributed by atoms with van der Waals surface area (Å²) in [5.41, 5.74) is 3.92. The molecule has 8 nitrogen and oxygen atoms in total. The molecular formula is C26H29Cl2N5O3. The van der Waals surface area contributed by atoms with E-state index < -0.39 is 0 Å². The van der Waals surface area contributed by atoms with Crippen molar-refractivity contribution in [1.29, 1.82) is 0 Å². The number of anilines is 3. The molecule has 0 bridgehead atoms. The molecule has 0 aliphatic carbocycles. The standard InChI is InChI=1S/C26H29Cl2N5O3/c1-16-7-22(35-4)24(28)19(23(16)27)11-36-18-9-29-25(30-10-18)31-17-5-6-20(21(8-17)34-3)33-14-26(15-33)12-32(2)13-26/h5-10H,11-15H2,1-4H3,(H,29,30,31). The first-order chi connectivity index (χ1) is 17.3. The van der Waals surface area contributed by atoms with E-state index in [2.05, 4.69) is 38.2 Å². The van der Waals surface area contributed by atoms with Gasteiger partial charge < -0.3 is 29.3 Å². The van der Waals surface area contributed by atoms with Crippen LogP contribution in [-0.4, -0.2) is 62.3 Å². The van der Waals surface area contributed by atoms with Crippen LogP contribution in [0.15, 0.2) is 36.7 Å². The van der Waals surface area contributed by atoms with E-state index in [0.717, 1.165) is 35.8 Å². The molecule has 2 fully saturated rings. The smallest absolute Gasteiger partial charge is 0.227 e. The molecule has 0 amide bonds. The van der Waals surface area contributed by atoms with Crippen LogP contribution < -0.4 is 24.4 Å². The van der Waals surface area contributed by atoms with Crippen LogP contribution in [0.1, 0.15) is 11.1 Å². The molecule has 3 aromatic rings. The number of nitrogens with zero attached hydrogens (tertiary/aromatic N) is 4. The monoisotopic (exact) mass is 529 g/mol. The van der Waals surface area contributed by atoms with Crippen LogP contribution in [0.2, 0.25) is 10.0 Å². The number of aryl methyl sites for hydroxylation is 1. The molecule has 2 saturated heterocycles. The predicted molar refractivity (Wildman–Crippen MR) is 143 cm³/mol. The van der Waals surface area contributed by atoms with Crippen molar-refractivity contribution in [3.63, 3.8) is 0 Å². The first-order valence-corrected chi connectivity index (χ1v) is 12.4. The summed E-state index contributed by atoms with van der Waals surface area (Å²) in [5, 5.41) is 4.20. The number of aromatic nitrogens is 2. The van der Waals surface area contributed by atoms with Crippen LogP contribution in [0.4, 0.5) is 17.3 Å². The molecule has 10 heteroatoms. The van der Waals surface area contributed by atoms with Gasteiger partial charge in [-0.25, -0.2) is 9.97 Å². The first kappa shape index (κ1) is 24.7. The zero-order valence-electron chi connectivity index (χ0n) is 20.8. The van der Waals surface area contributed by atoms with Crippen LogP contribution >= 0.6 is 23.2 Å². The van der Waals surface area contributed by atoms with Gasteiger partial charge >= 0.3 is 0 Å². The number of methoxy groups -OCH3 is 2. The van der Waals surface area contributed by atoms with E-state index in [1.54, 1.807) is 32.7 Å². The lowest BCUT2D eigenvalue weighted by Crippen LogP contribution is -2.71. The Morgan fingerprint density at radius 3 is 2.31 bits per heavy atom. The lowest BCUT2D eigenvalue weighted by Gasteiger charge is -2.60. The minimum atomic E-state index is 0.165. The number of hydrogen-bond donors (Lipinski definition) is 1. The van der Waals surface area contributed by atoms with Gasteiger partial charge in [-0.1, -0.05) is 23.2 Å². The second-order valence-corrected chi connectivity index (χ2v) is 10.3. The molecule has 1 aromatic heterocycles. The molecule has 36 heavy (non-hydrogen) atoms. The van der Waals surface area contributed by atoms with E-state index in [1.807, 2.05) is 19.1 Å². The maximum absolute atomic E-state index is 6.43. The van der Waals surface area contributed by atoms with E-state index in [1.165, 1.54) is 13.1 Å². The normalized spacial score (nSPS) is 16.3. The van der Waals surface area contributed by atoms with Gasteiger partial charge in [-0.15, -0.1) is 0 Å². The minimum absolute atomic E-state index is 0.165. The summed E-state index contributed by atoms with van der Waals surface area (Å²) in [6, 6.07) is 7.86. The number of halogens is 2. The Labute approximate surface area is 221 Å². The number of rotatable bonds is 8. The Morgan fingerprint density at radius 1 is 0.972 bits per heavy atom. The van der Waals surface area contributed by atoms with Crippen molar-refractivity contribution >= 4 is 40.5 Å². The Hall–Kier alpha value is -2.94. The molecular weight excluding hydrogens is 501 g/mol. The zero-order chi connectivity index (χ0) is 25.4. The summed E-state index contributed by atoms with van der Waals surface area (Å²) in [6.45, 7) is 6.53. The molecule has 0 radical (unpaired) electrons. The highest BCUT2D eigenvalue weighted by Crippen LogP contribution is 2.44. The van der Waals surface area contributed by atoms with Crippen LogP contribution in [0.25, 0.3) is 0 Å². The fourth-order valence-corrected chi connectivity index (χ4v) is 5.60. The van der Waals surface area contributed by atoms with Gasteiger partial charge in [-0.3, -0.25) is 0 Å². The highest BCUT2D eigenvalue weighted by molar-refractivity contribution is 6.37. The number of hydrogen-bond acceptors (Lipinski definition) is 8. The van der Waals surface area contributed by atoms with Gasteiger partial charge in [0.15, 0.2) is 5.75 Å². The van der Waals surface area contributed by atoms with Crippen molar-refractivity contribution < 1.29 is 14.2 Å². The third-order valence-corrected chi connectivity index (χ3v) is 7.65. The molecule has 0 unspecified atom stereocenters. The summed E-state index contributed by atoms with van der Waals surface area (Å²) >= 11 is 12.9. The second kappa shape index (κ2) is 9.84. The van der Waals surface area contributed by atoms with Crippen molar-refractivity contribution in [3.05, 3.63) is 57.8 Å². The SMILES string of the molecule is COc1cc(Nc2ncc(OCc3c(Cl)c(C)cc(OC)c3Cl)cn2)ccc1N1CC2(CN(C)C2)C1. The minimum Gasteiger partial charge on any atom is -0.495 e. The zero-order valence-corrected chi connectivity index (χ0v) is 22.3. The van der Waals surface area contributed by atoms with E-state index >= 15 is 0 Å². The maximum Gasteiger partial charge on any atom is 0.227 e. The fourth-order valence-electron chi connectivity index (χ4n) is 5.07. The van der Waals surface area contributed by atoms with Crippen LogP contribution in [0.3, 0.4) is 0 Å². The Balaban J connectivity index is 1.21. The topological polar surface area (TPSA) is 72.0 Å². The molecule has 2 aliphatic heterocycles. The molecule has 2 aliphatic rings. The van der Waals surface area contributed by atoms with Gasteiger partial charge in [0, 0.05) is 48.9 Å². The van der Waals surface area contributed by atoms with Gasteiger partial charge in [-0.2, -0.15) is 0 Å². The Morgan fingerprint density at radius 2 is 1.67 bits per heavy atom. The van der Waals surface area contributed by atoms with E-state index in [9.17, 15) is 0 Å². The average molecular weight is 530 g/mol. The second-order valence-electron chi connectivity index (χ2n) is 9.57. The van der Waals surface area contributed by atoms with Gasteiger partial charge in [0.1, 0.15) is 18.1 Å². The molecule has 1 N–H and O–H groups in total. The number of benzene rings is 2. The third kappa shape index (κ3) is 4.73. The summed E-state index contributed by atoms with van der Waals surface area (Å²) in [5.74, 6) is 2.32. The van der Waals surface area contributed by atoms with E-state index in [4.69, 9.17) is 37.4 Å². The summed E-state index contributed by atoms with van der Waals surface area (Å²) in [7, 11) is 5.43. The van der Waals surface area contributed by atoms with Crippen molar-refractivity contribution in [3.8, 4) is 17.2 Å². The van der Waals surface area contributed by atoms with E-state index in [-0.39, 0.29) is 6.61 Å². The molecule has 0 atom stereocenters. The number of likely N-dealkylation sites (tertiary alicyclic amines) is 1. The predicted octanol–water partition coefficient (Wildman–Crippen LogP) is 5.18. The molecule has 0 saturated carbocycles. The van der Waals surface area contributed by atoms with Crippen LogP contribution in [-0.2, 0) is 6.61 Å². The summed E-state index contributed by atoms with van der Waals surface area (Å²) in [4.78, 5) is 13.5. The van der Waals surface area contributed by atoms with Crippen LogP contribution in [0.5, 0.6) is 17.2 Å².